The van der Waals surface area contributed by atoms with E-state index < -0.39 is 11.9 Å². The van der Waals surface area contributed by atoms with E-state index in [1.54, 1.807) is 13.1 Å². The molecular weight excluding hydrogens is 362 g/mol. The van der Waals surface area contributed by atoms with Gasteiger partial charge in [0.15, 0.2) is 0 Å². The Morgan fingerprint density at radius 3 is 2.46 bits per heavy atom. The number of ether oxygens (including phenoxy) is 1. The number of nitrogens with one attached hydrogen (secondary N) is 2. The fraction of sp³-hybridized carbons (Fsp3) is 0.250. The van der Waals surface area contributed by atoms with Crippen molar-refractivity contribution in [1.82, 2.24) is 10.2 Å². The summed E-state index contributed by atoms with van der Waals surface area (Å²) in [7, 11) is 3.09. The molecule has 2 aromatic rings. The van der Waals surface area contributed by atoms with Crippen molar-refractivity contribution in [2.24, 2.45) is 0 Å². The molecular formula is C20H23N3O5. The monoisotopic (exact) mass is 385 g/mol. The van der Waals surface area contributed by atoms with Crippen molar-refractivity contribution >= 4 is 23.6 Å². The van der Waals surface area contributed by atoms with Crippen LogP contribution in [-0.2, 0) is 11.3 Å². The highest BCUT2D eigenvalue weighted by Gasteiger charge is 2.14. The Morgan fingerprint density at radius 2 is 1.82 bits per heavy atom. The lowest BCUT2D eigenvalue weighted by molar-refractivity contribution is -0.116. The minimum absolute atomic E-state index is 0.00993. The van der Waals surface area contributed by atoms with Gasteiger partial charge in [-0.25, -0.2) is 9.59 Å². The zero-order valence-corrected chi connectivity index (χ0v) is 15.8. The van der Waals surface area contributed by atoms with Crippen LogP contribution in [0.4, 0.5) is 10.5 Å². The fourth-order valence-corrected chi connectivity index (χ4v) is 2.50. The highest BCUT2D eigenvalue weighted by molar-refractivity contribution is 6.01. The number of rotatable bonds is 8. The lowest BCUT2D eigenvalue weighted by atomic mass is 10.1. The van der Waals surface area contributed by atoms with E-state index in [4.69, 9.17) is 4.74 Å². The number of urea groups is 1. The van der Waals surface area contributed by atoms with Crippen molar-refractivity contribution in [2.75, 3.05) is 26.0 Å². The molecule has 0 unspecified atom stereocenters. The van der Waals surface area contributed by atoms with Gasteiger partial charge in [0, 0.05) is 26.6 Å². The Kier molecular flexibility index (Phi) is 7.38. The summed E-state index contributed by atoms with van der Waals surface area (Å²) >= 11 is 0. The second-order valence-electron chi connectivity index (χ2n) is 6.09. The zero-order chi connectivity index (χ0) is 20.5. The van der Waals surface area contributed by atoms with Crippen LogP contribution in [0.5, 0.6) is 5.75 Å². The molecule has 148 valence electrons. The minimum atomic E-state index is -1.18. The molecule has 0 spiro atoms. The normalized spacial score (nSPS) is 10.1. The average molecular weight is 385 g/mol. The molecule has 2 rings (SSSR count). The maximum absolute atomic E-state index is 12.1. The van der Waals surface area contributed by atoms with Gasteiger partial charge in [-0.1, -0.05) is 30.3 Å². The summed E-state index contributed by atoms with van der Waals surface area (Å²) in [5, 5.41) is 14.5. The molecule has 0 aliphatic heterocycles. The Balaban J connectivity index is 1.82. The summed E-state index contributed by atoms with van der Waals surface area (Å²) in [5.74, 6) is -1.20. The number of anilines is 1. The Morgan fingerprint density at radius 1 is 1.11 bits per heavy atom. The lowest BCUT2D eigenvalue weighted by Crippen LogP contribution is -2.38. The first-order valence-electron chi connectivity index (χ1n) is 8.64. The van der Waals surface area contributed by atoms with E-state index in [-0.39, 0.29) is 30.2 Å². The number of amides is 3. The van der Waals surface area contributed by atoms with E-state index in [1.807, 2.05) is 30.3 Å². The van der Waals surface area contributed by atoms with E-state index in [1.165, 1.54) is 24.1 Å². The molecule has 0 saturated carbocycles. The summed E-state index contributed by atoms with van der Waals surface area (Å²) in [5.41, 5.74) is 1.10. The second kappa shape index (κ2) is 9.96. The van der Waals surface area contributed by atoms with Gasteiger partial charge in [-0.2, -0.15) is 0 Å². The van der Waals surface area contributed by atoms with Crippen LogP contribution in [0.2, 0.25) is 0 Å². The quantitative estimate of drug-likeness (QED) is 0.647. The van der Waals surface area contributed by atoms with Gasteiger partial charge in [-0.3, -0.25) is 4.79 Å². The fourth-order valence-electron chi connectivity index (χ4n) is 2.50. The Hall–Kier alpha value is -3.55. The van der Waals surface area contributed by atoms with Crippen LogP contribution in [0.15, 0.2) is 48.5 Å². The van der Waals surface area contributed by atoms with E-state index in [0.717, 1.165) is 5.56 Å². The van der Waals surface area contributed by atoms with Crippen molar-refractivity contribution in [3.05, 3.63) is 59.7 Å². The largest absolute Gasteiger partial charge is 0.497 e. The molecule has 8 nitrogen and oxygen atoms in total. The minimum Gasteiger partial charge on any atom is -0.497 e. The van der Waals surface area contributed by atoms with Crippen LogP contribution in [0.25, 0.3) is 0 Å². The van der Waals surface area contributed by atoms with Crippen molar-refractivity contribution in [3.63, 3.8) is 0 Å². The third-order valence-electron chi connectivity index (χ3n) is 3.97. The van der Waals surface area contributed by atoms with Crippen molar-refractivity contribution < 1.29 is 24.2 Å². The van der Waals surface area contributed by atoms with Crippen molar-refractivity contribution in [1.29, 1.82) is 0 Å². The van der Waals surface area contributed by atoms with Gasteiger partial charge >= 0.3 is 12.0 Å². The van der Waals surface area contributed by atoms with Crippen LogP contribution in [0.1, 0.15) is 22.3 Å². The number of methoxy groups -OCH3 is 1. The number of aromatic carboxylic acids is 1. The summed E-state index contributed by atoms with van der Waals surface area (Å²) in [6.45, 7) is 0.578. The van der Waals surface area contributed by atoms with E-state index in [9.17, 15) is 19.5 Å². The highest BCUT2D eigenvalue weighted by Crippen LogP contribution is 2.22. The summed E-state index contributed by atoms with van der Waals surface area (Å²) in [6, 6.07) is 13.6. The number of benzene rings is 2. The predicted molar refractivity (Wildman–Crippen MR) is 105 cm³/mol. The summed E-state index contributed by atoms with van der Waals surface area (Å²) in [4.78, 5) is 37.0. The van der Waals surface area contributed by atoms with Gasteiger partial charge in [0.1, 0.15) is 5.75 Å². The third kappa shape index (κ3) is 6.01. The van der Waals surface area contributed by atoms with Gasteiger partial charge < -0.3 is 25.4 Å². The maximum Gasteiger partial charge on any atom is 0.337 e. The van der Waals surface area contributed by atoms with E-state index in [2.05, 4.69) is 10.6 Å². The standard InChI is InChI=1S/C20H23N3O5/c1-23(13-14-6-4-3-5-7-14)20(27)21-11-10-18(24)22-17-9-8-15(28-2)12-16(17)19(25)26/h3-9,12H,10-11,13H2,1-2H3,(H,21,27)(H,22,24)(H,25,26). The van der Waals surface area contributed by atoms with Gasteiger partial charge in [0.2, 0.25) is 5.91 Å². The van der Waals surface area contributed by atoms with Gasteiger partial charge in [-0.05, 0) is 23.8 Å². The molecule has 0 fully saturated rings. The number of nitrogens with zero attached hydrogens (tertiary/aromatic N) is 1. The summed E-state index contributed by atoms with van der Waals surface area (Å²) in [6.07, 6.45) is 0.00993. The first-order valence-corrected chi connectivity index (χ1v) is 8.64. The van der Waals surface area contributed by atoms with Crippen molar-refractivity contribution in [3.8, 4) is 5.75 Å². The zero-order valence-electron chi connectivity index (χ0n) is 15.8. The molecule has 0 radical (unpaired) electrons. The molecule has 0 aromatic heterocycles. The molecule has 3 amide bonds. The predicted octanol–water partition coefficient (Wildman–Crippen LogP) is 2.56. The topological polar surface area (TPSA) is 108 Å². The number of carbonyl (C=O) groups is 3. The van der Waals surface area contributed by atoms with E-state index in [0.29, 0.717) is 12.3 Å². The van der Waals surface area contributed by atoms with Gasteiger partial charge in [0.05, 0.1) is 18.4 Å². The molecule has 0 atom stereocenters. The molecule has 3 N–H and O–H groups in total. The van der Waals surface area contributed by atoms with E-state index >= 15 is 0 Å². The van der Waals surface area contributed by atoms with Crippen LogP contribution >= 0.6 is 0 Å². The number of carboxylic acid groups (broad SMARTS) is 1. The Bertz CT molecular complexity index is 839. The average Bonchev–Trinajstić information content (AvgIpc) is 2.68. The first-order chi connectivity index (χ1) is 13.4. The van der Waals surface area contributed by atoms with Crippen LogP contribution in [0, 0.1) is 0 Å². The Labute approximate surface area is 163 Å². The van der Waals surface area contributed by atoms with Crippen LogP contribution < -0.4 is 15.4 Å². The first kappa shape index (κ1) is 20.8. The number of hydrogen-bond donors (Lipinski definition) is 3. The molecule has 0 bridgehead atoms. The molecule has 0 aliphatic carbocycles. The second-order valence-corrected chi connectivity index (χ2v) is 6.09. The smallest absolute Gasteiger partial charge is 0.337 e. The third-order valence-corrected chi connectivity index (χ3v) is 3.97. The van der Waals surface area contributed by atoms with Gasteiger partial charge in [0.25, 0.3) is 0 Å². The highest BCUT2D eigenvalue weighted by atomic mass is 16.5. The SMILES string of the molecule is COc1ccc(NC(=O)CCNC(=O)N(C)Cc2ccccc2)c(C(=O)O)c1. The molecule has 2 aromatic carbocycles. The van der Waals surface area contributed by atoms with Crippen LogP contribution in [0.3, 0.4) is 0 Å². The molecule has 0 saturated heterocycles. The molecule has 8 heteroatoms. The number of carbonyl (C=O) groups excluding carboxylic acids is 2. The molecule has 0 heterocycles. The van der Waals surface area contributed by atoms with Gasteiger partial charge in [-0.15, -0.1) is 0 Å². The molecule has 28 heavy (non-hydrogen) atoms. The number of carboxylic acids is 1. The molecule has 0 aliphatic rings. The lowest BCUT2D eigenvalue weighted by Gasteiger charge is -2.18. The number of hydrogen-bond acceptors (Lipinski definition) is 4. The maximum atomic E-state index is 12.1. The van der Waals surface area contributed by atoms with Crippen LogP contribution in [-0.4, -0.2) is 48.6 Å². The summed E-state index contributed by atoms with van der Waals surface area (Å²) < 4.78 is 4.99. The van der Waals surface area contributed by atoms with Crippen molar-refractivity contribution in [2.45, 2.75) is 13.0 Å².